The summed E-state index contributed by atoms with van der Waals surface area (Å²) in [7, 11) is -4.13. The van der Waals surface area contributed by atoms with Crippen LogP contribution in [0.3, 0.4) is 0 Å². The van der Waals surface area contributed by atoms with Crippen LogP contribution in [0.15, 0.2) is 51.9 Å². The molecule has 1 aliphatic rings. The summed E-state index contributed by atoms with van der Waals surface area (Å²) in [5.41, 5.74) is 0.0428. The van der Waals surface area contributed by atoms with Gasteiger partial charge in [0.25, 0.3) is 0 Å². The van der Waals surface area contributed by atoms with Crippen LogP contribution in [0, 0.1) is 30.3 Å². The number of carbonyl (C=O) groups is 1. The lowest BCUT2D eigenvalue weighted by Crippen LogP contribution is -2.44. The van der Waals surface area contributed by atoms with Crippen molar-refractivity contribution in [1.82, 2.24) is 9.46 Å². The van der Waals surface area contributed by atoms with Crippen LogP contribution in [0.4, 0.5) is 18.9 Å². The van der Waals surface area contributed by atoms with Crippen LogP contribution < -0.4 is 5.32 Å². The van der Waals surface area contributed by atoms with Gasteiger partial charge in [-0.3, -0.25) is 4.79 Å². The van der Waals surface area contributed by atoms with Crippen LogP contribution in [0.25, 0.3) is 12.2 Å². The zero-order valence-electron chi connectivity index (χ0n) is 18.7. The van der Waals surface area contributed by atoms with Gasteiger partial charge in [-0.25, -0.2) is 21.6 Å². The largest absolute Gasteiger partial charge is 0.355 e. The van der Waals surface area contributed by atoms with Crippen molar-refractivity contribution in [3.8, 4) is 0 Å². The fourth-order valence-corrected chi connectivity index (χ4v) is 5.68. The van der Waals surface area contributed by atoms with Crippen molar-refractivity contribution in [3.63, 3.8) is 0 Å². The number of aromatic nitrogens is 1. The first kappa shape index (κ1) is 24.7. The van der Waals surface area contributed by atoms with Crippen molar-refractivity contribution in [2.24, 2.45) is 5.92 Å². The van der Waals surface area contributed by atoms with Gasteiger partial charge in [0, 0.05) is 24.7 Å². The summed E-state index contributed by atoms with van der Waals surface area (Å²) < 4.78 is 74.6. The molecule has 0 bridgehead atoms. The minimum Gasteiger partial charge on any atom is -0.355 e. The molecule has 184 valence electrons. The molecule has 1 amide bonds. The number of piperidine rings is 1. The minimum atomic E-state index is -4.13. The molecular weight excluding hydrogens is 483 g/mol. The van der Waals surface area contributed by atoms with Gasteiger partial charge in [0.2, 0.25) is 15.9 Å². The molecular formula is C24H22F3N3O4S. The number of sulfonamides is 1. The lowest BCUT2D eigenvalue weighted by molar-refractivity contribution is -0.120. The highest BCUT2D eigenvalue weighted by atomic mass is 32.2. The third-order valence-electron chi connectivity index (χ3n) is 5.69. The maximum atomic E-state index is 13.9. The molecule has 0 saturated carbocycles. The third kappa shape index (κ3) is 5.30. The number of aryl methyl sites for hydroxylation is 1. The molecule has 4 rings (SSSR count). The normalized spacial score (nSPS) is 17.1. The fourth-order valence-electron chi connectivity index (χ4n) is 3.91. The summed E-state index contributed by atoms with van der Waals surface area (Å²) in [6.07, 6.45) is 3.46. The Kier molecular flexibility index (Phi) is 7.08. The van der Waals surface area contributed by atoms with E-state index in [4.69, 9.17) is 4.52 Å². The summed E-state index contributed by atoms with van der Waals surface area (Å²) in [6.45, 7) is 1.46. The van der Waals surface area contributed by atoms with E-state index < -0.39 is 39.3 Å². The first-order valence-electron chi connectivity index (χ1n) is 10.8. The molecule has 1 aliphatic heterocycles. The van der Waals surface area contributed by atoms with Crippen molar-refractivity contribution in [3.05, 3.63) is 76.9 Å². The number of rotatable bonds is 6. The lowest BCUT2D eigenvalue weighted by atomic mass is 9.98. The average Bonchev–Trinajstić information content (AvgIpc) is 3.22. The van der Waals surface area contributed by atoms with Gasteiger partial charge >= 0.3 is 0 Å². The molecule has 1 atom stereocenters. The van der Waals surface area contributed by atoms with Gasteiger partial charge in [-0.1, -0.05) is 23.4 Å². The van der Waals surface area contributed by atoms with E-state index in [-0.39, 0.29) is 40.7 Å². The molecule has 35 heavy (non-hydrogen) atoms. The summed E-state index contributed by atoms with van der Waals surface area (Å²) >= 11 is 0. The molecule has 1 N–H and O–H groups in total. The molecule has 3 aromatic rings. The zero-order chi connectivity index (χ0) is 25.2. The molecule has 0 radical (unpaired) electrons. The fraction of sp³-hybridized carbons (Fsp3) is 0.250. The van der Waals surface area contributed by atoms with E-state index in [1.165, 1.54) is 37.3 Å². The van der Waals surface area contributed by atoms with E-state index in [1.807, 2.05) is 0 Å². The summed E-state index contributed by atoms with van der Waals surface area (Å²) in [6, 6.07) is 8.66. The van der Waals surface area contributed by atoms with Crippen LogP contribution in [-0.4, -0.2) is 36.9 Å². The first-order valence-corrected chi connectivity index (χ1v) is 12.3. The zero-order valence-corrected chi connectivity index (χ0v) is 19.5. The number of nitrogens with one attached hydrogen (secondary N) is 1. The van der Waals surface area contributed by atoms with Gasteiger partial charge in [-0.05, 0) is 50.1 Å². The predicted molar refractivity (Wildman–Crippen MR) is 123 cm³/mol. The summed E-state index contributed by atoms with van der Waals surface area (Å²) in [5, 5.41) is 6.10. The smallest absolute Gasteiger partial charge is 0.248 e. The second kappa shape index (κ2) is 10.0. The predicted octanol–water partition coefficient (Wildman–Crippen LogP) is 4.61. The number of nitrogens with zero attached hydrogens (tertiary/aromatic N) is 2. The molecule has 11 heteroatoms. The Morgan fingerprint density at radius 1 is 1.14 bits per heavy atom. The van der Waals surface area contributed by atoms with Crippen LogP contribution in [-0.2, 0) is 14.8 Å². The molecule has 1 aromatic heterocycles. The van der Waals surface area contributed by atoms with Gasteiger partial charge < -0.3 is 9.84 Å². The topological polar surface area (TPSA) is 92.5 Å². The van der Waals surface area contributed by atoms with Gasteiger partial charge in [-0.15, -0.1) is 0 Å². The molecule has 1 fully saturated rings. The van der Waals surface area contributed by atoms with E-state index in [1.54, 1.807) is 6.07 Å². The van der Waals surface area contributed by atoms with E-state index in [0.717, 1.165) is 22.5 Å². The Morgan fingerprint density at radius 3 is 2.69 bits per heavy atom. The standard InChI is InChI=1S/C24H22F3N3O4S/c1-15-23(22(34-29-15)11-8-16-5-2-3-7-19(16)26)35(32,33)30-12-4-6-17(14-30)24(31)28-21-13-18(25)9-10-20(21)27/h2-3,5,7-11,13,17H,4,6,12,14H2,1H3,(H,28,31)/b11-8+. The SMILES string of the molecule is Cc1noc(/C=C/c2ccccc2F)c1S(=O)(=O)N1CCCC(C(=O)Nc2cc(F)ccc2F)C1. The average molecular weight is 506 g/mol. The quantitative estimate of drug-likeness (QED) is 0.528. The Bertz CT molecular complexity index is 1390. The van der Waals surface area contributed by atoms with Gasteiger partial charge in [0.05, 0.1) is 11.6 Å². The summed E-state index contributed by atoms with van der Waals surface area (Å²) in [4.78, 5) is 12.5. The maximum absolute atomic E-state index is 13.9. The molecule has 2 heterocycles. The second-order valence-electron chi connectivity index (χ2n) is 8.13. The second-order valence-corrected chi connectivity index (χ2v) is 10.0. The van der Waals surface area contributed by atoms with Crippen molar-refractivity contribution in [1.29, 1.82) is 0 Å². The van der Waals surface area contributed by atoms with Gasteiger partial charge in [-0.2, -0.15) is 4.31 Å². The number of hydrogen-bond acceptors (Lipinski definition) is 5. The highest BCUT2D eigenvalue weighted by Gasteiger charge is 2.37. The molecule has 7 nitrogen and oxygen atoms in total. The molecule has 2 aromatic carbocycles. The molecule has 1 saturated heterocycles. The minimum absolute atomic E-state index is 0.0702. The van der Waals surface area contributed by atoms with Crippen molar-refractivity contribution >= 4 is 33.8 Å². The Balaban J connectivity index is 1.55. The highest BCUT2D eigenvalue weighted by Crippen LogP contribution is 2.30. The number of halogens is 3. The van der Waals surface area contributed by atoms with Crippen molar-refractivity contribution in [2.75, 3.05) is 18.4 Å². The molecule has 0 aliphatic carbocycles. The Hall–Kier alpha value is -3.44. The van der Waals surface area contributed by atoms with E-state index in [0.29, 0.717) is 12.8 Å². The van der Waals surface area contributed by atoms with Gasteiger partial charge in [0.1, 0.15) is 23.1 Å². The monoisotopic (exact) mass is 505 g/mol. The lowest BCUT2D eigenvalue weighted by Gasteiger charge is -2.31. The van der Waals surface area contributed by atoms with Crippen LogP contribution in [0.1, 0.15) is 29.9 Å². The maximum Gasteiger partial charge on any atom is 0.248 e. The van der Waals surface area contributed by atoms with E-state index in [9.17, 15) is 26.4 Å². The van der Waals surface area contributed by atoms with Crippen LogP contribution in [0.5, 0.6) is 0 Å². The first-order chi connectivity index (χ1) is 16.7. The van der Waals surface area contributed by atoms with Crippen LogP contribution >= 0.6 is 0 Å². The molecule has 1 unspecified atom stereocenters. The summed E-state index contributed by atoms with van der Waals surface area (Å²) in [5.74, 6) is -3.46. The third-order valence-corrected chi connectivity index (χ3v) is 7.72. The van der Waals surface area contributed by atoms with E-state index >= 15 is 0 Å². The van der Waals surface area contributed by atoms with E-state index in [2.05, 4.69) is 10.5 Å². The number of carbonyl (C=O) groups excluding carboxylic acids is 1. The van der Waals surface area contributed by atoms with Gasteiger partial charge in [0.15, 0.2) is 10.7 Å². The number of benzene rings is 2. The Labute approximate surface area is 200 Å². The van der Waals surface area contributed by atoms with Crippen LogP contribution in [0.2, 0.25) is 0 Å². The van der Waals surface area contributed by atoms with Crippen molar-refractivity contribution < 1.29 is 30.9 Å². The highest BCUT2D eigenvalue weighted by molar-refractivity contribution is 7.89. The molecule has 0 spiro atoms. The Morgan fingerprint density at radius 2 is 1.91 bits per heavy atom. The van der Waals surface area contributed by atoms with Crippen molar-refractivity contribution in [2.45, 2.75) is 24.7 Å². The number of amides is 1. The number of anilines is 1. The number of hydrogen-bond donors (Lipinski definition) is 1.